The number of hydrogen-bond donors (Lipinski definition) is 1. The fourth-order valence-electron chi connectivity index (χ4n) is 4.52. The second-order valence-corrected chi connectivity index (χ2v) is 10.6. The molecule has 2 heterocycles. The van der Waals surface area contributed by atoms with E-state index in [2.05, 4.69) is 20.5 Å². The SMILES string of the molecule is CC(=O)OC[C@@H](OC(C)=O)[C@@H](OC(C)=O)[C@H](/C=N/Nc1ncnc2c1c(-c1ccccc1)cn2-c1ccc(Cl)c(Cl)c1)OC(C)=O. The maximum absolute atomic E-state index is 12.1. The first kappa shape index (κ1) is 33.9. The van der Waals surface area contributed by atoms with Crippen LogP contribution in [0.5, 0.6) is 0 Å². The largest absolute Gasteiger partial charge is 0.462 e. The predicted octanol–water partition coefficient (Wildman–Crippen LogP) is 5.15. The number of rotatable bonds is 12. The number of carbonyl (C=O) groups is 4. The molecule has 0 saturated carbocycles. The molecule has 1 N–H and O–H groups in total. The Morgan fingerprint density at radius 2 is 1.59 bits per heavy atom. The lowest BCUT2D eigenvalue weighted by Gasteiger charge is -2.29. The minimum Gasteiger partial charge on any atom is -0.462 e. The van der Waals surface area contributed by atoms with Crippen molar-refractivity contribution in [1.29, 1.82) is 0 Å². The molecule has 0 fully saturated rings. The highest BCUT2D eigenvalue weighted by molar-refractivity contribution is 6.42. The fraction of sp³-hybridized carbons (Fsp3) is 0.258. The number of halogens is 2. The van der Waals surface area contributed by atoms with Gasteiger partial charge in [-0.25, -0.2) is 9.97 Å². The number of nitrogens with zero attached hydrogens (tertiary/aromatic N) is 4. The van der Waals surface area contributed by atoms with Crippen LogP contribution in [0.4, 0.5) is 5.82 Å². The van der Waals surface area contributed by atoms with Gasteiger partial charge in [0.1, 0.15) is 12.9 Å². The summed E-state index contributed by atoms with van der Waals surface area (Å²) < 4.78 is 22.9. The van der Waals surface area contributed by atoms with E-state index in [1.165, 1.54) is 6.33 Å². The third-order valence-electron chi connectivity index (χ3n) is 6.30. The molecule has 13 nitrogen and oxygen atoms in total. The van der Waals surface area contributed by atoms with E-state index in [-0.39, 0.29) is 5.82 Å². The van der Waals surface area contributed by atoms with Gasteiger partial charge in [0.25, 0.3) is 0 Å². The molecule has 46 heavy (non-hydrogen) atoms. The second-order valence-electron chi connectivity index (χ2n) is 9.79. The second kappa shape index (κ2) is 15.3. The van der Waals surface area contributed by atoms with Gasteiger partial charge in [0.2, 0.25) is 0 Å². The summed E-state index contributed by atoms with van der Waals surface area (Å²) in [6, 6.07) is 14.7. The van der Waals surface area contributed by atoms with Gasteiger partial charge in [-0.3, -0.25) is 24.6 Å². The van der Waals surface area contributed by atoms with E-state index in [0.29, 0.717) is 26.8 Å². The number of ether oxygens (including phenoxy) is 4. The molecular formula is C31H29Cl2N5O8. The maximum atomic E-state index is 12.1. The number of hydrogen-bond acceptors (Lipinski definition) is 12. The molecule has 0 spiro atoms. The average molecular weight is 671 g/mol. The molecule has 240 valence electrons. The van der Waals surface area contributed by atoms with Gasteiger partial charge >= 0.3 is 23.9 Å². The molecule has 0 aliphatic rings. The first-order chi connectivity index (χ1) is 21.9. The molecule has 0 unspecified atom stereocenters. The zero-order chi connectivity index (χ0) is 33.4. The minimum atomic E-state index is -1.43. The summed E-state index contributed by atoms with van der Waals surface area (Å²) >= 11 is 12.5. The van der Waals surface area contributed by atoms with E-state index in [1.807, 2.05) is 41.1 Å². The van der Waals surface area contributed by atoms with Gasteiger partial charge in [0.15, 0.2) is 29.8 Å². The standard InChI is InChI=1S/C31H29Cl2N5O8/c1-17(39)43-15-27(45-19(3)41)29(46-20(4)42)26(44-18(2)40)13-36-37-30-28-23(21-8-6-5-7-9-21)14-38(31(28)35-16-34-30)22-10-11-24(32)25(33)12-22/h5-14,16,26-27,29H,15H2,1-4H3,(H,34,35,37)/b36-13+/t26-,27+,29-/m0/s1. The van der Waals surface area contributed by atoms with E-state index >= 15 is 0 Å². The molecule has 15 heteroatoms. The first-order valence-electron chi connectivity index (χ1n) is 13.8. The third kappa shape index (κ3) is 8.58. The molecule has 0 saturated heterocycles. The highest BCUT2D eigenvalue weighted by atomic mass is 35.5. The highest BCUT2D eigenvalue weighted by Gasteiger charge is 2.37. The van der Waals surface area contributed by atoms with E-state index < -0.39 is 48.8 Å². The van der Waals surface area contributed by atoms with Gasteiger partial charge in [-0.15, -0.1) is 0 Å². The average Bonchev–Trinajstić information content (AvgIpc) is 3.39. The number of hydrazone groups is 1. The van der Waals surface area contributed by atoms with Gasteiger partial charge < -0.3 is 23.5 Å². The Balaban J connectivity index is 1.77. The predicted molar refractivity (Wildman–Crippen MR) is 170 cm³/mol. The highest BCUT2D eigenvalue weighted by Crippen LogP contribution is 2.36. The Kier molecular flexibility index (Phi) is 11.3. The van der Waals surface area contributed by atoms with Crippen molar-refractivity contribution in [2.24, 2.45) is 5.10 Å². The topological polar surface area (TPSA) is 160 Å². The summed E-state index contributed by atoms with van der Waals surface area (Å²) in [6.45, 7) is 4.04. The lowest BCUT2D eigenvalue weighted by atomic mass is 10.1. The maximum Gasteiger partial charge on any atom is 0.303 e. The van der Waals surface area contributed by atoms with Crippen molar-refractivity contribution in [3.05, 3.63) is 71.1 Å². The van der Waals surface area contributed by atoms with Crippen LogP contribution in [0.2, 0.25) is 10.0 Å². The summed E-state index contributed by atoms with van der Waals surface area (Å²) in [7, 11) is 0. The van der Waals surface area contributed by atoms with Crippen LogP contribution >= 0.6 is 23.2 Å². The number of carbonyl (C=O) groups excluding carboxylic acids is 4. The van der Waals surface area contributed by atoms with E-state index in [1.54, 1.807) is 18.2 Å². The lowest BCUT2D eigenvalue weighted by molar-refractivity contribution is -0.183. The van der Waals surface area contributed by atoms with Gasteiger partial charge in [0, 0.05) is 45.1 Å². The van der Waals surface area contributed by atoms with Gasteiger partial charge in [-0.05, 0) is 23.8 Å². The molecule has 0 bridgehead atoms. The van der Waals surface area contributed by atoms with Crippen LogP contribution in [-0.4, -0.2) is 69.5 Å². The smallest absolute Gasteiger partial charge is 0.303 e. The molecule has 4 aromatic rings. The fourth-order valence-corrected chi connectivity index (χ4v) is 4.81. The van der Waals surface area contributed by atoms with Crippen molar-refractivity contribution < 1.29 is 38.1 Å². The van der Waals surface area contributed by atoms with Crippen LogP contribution in [0, 0.1) is 0 Å². The minimum absolute atomic E-state index is 0.279. The third-order valence-corrected chi connectivity index (χ3v) is 7.04. The summed E-state index contributed by atoms with van der Waals surface area (Å²) in [5.74, 6) is -2.68. The summed E-state index contributed by atoms with van der Waals surface area (Å²) in [5.41, 5.74) is 5.67. The summed E-state index contributed by atoms with van der Waals surface area (Å²) in [5, 5.41) is 5.59. The van der Waals surface area contributed by atoms with E-state index in [9.17, 15) is 19.2 Å². The zero-order valence-electron chi connectivity index (χ0n) is 25.1. The Bertz CT molecular complexity index is 1780. The number of aromatic nitrogens is 3. The van der Waals surface area contributed by atoms with Crippen LogP contribution in [0.25, 0.3) is 27.8 Å². The Morgan fingerprint density at radius 3 is 2.22 bits per heavy atom. The van der Waals surface area contributed by atoms with Gasteiger partial charge in [-0.1, -0.05) is 53.5 Å². The monoisotopic (exact) mass is 669 g/mol. The van der Waals surface area contributed by atoms with Gasteiger partial charge in [-0.2, -0.15) is 5.10 Å². The van der Waals surface area contributed by atoms with Crippen molar-refractivity contribution in [2.45, 2.75) is 46.0 Å². The van der Waals surface area contributed by atoms with Crippen LogP contribution in [-0.2, 0) is 38.1 Å². The molecule has 0 radical (unpaired) electrons. The molecular weight excluding hydrogens is 641 g/mol. The van der Waals surface area contributed by atoms with Crippen molar-refractivity contribution >= 4 is 70.1 Å². The number of benzene rings is 2. The van der Waals surface area contributed by atoms with Gasteiger partial charge in [0.05, 0.1) is 21.6 Å². The first-order valence-corrected chi connectivity index (χ1v) is 14.5. The number of fused-ring (bicyclic) bond motifs is 1. The van der Waals surface area contributed by atoms with Crippen LogP contribution < -0.4 is 5.43 Å². The van der Waals surface area contributed by atoms with Crippen molar-refractivity contribution in [1.82, 2.24) is 14.5 Å². The summed E-state index contributed by atoms with van der Waals surface area (Å²) in [6.07, 6.45) is 0.198. The molecule has 0 amide bonds. The molecule has 2 aromatic carbocycles. The number of nitrogens with one attached hydrogen (secondary N) is 1. The van der Waals surface area contributed by atoms with Crippen molar-refractivity contribution in [3.8, 4) is 16.8 Å². The van der Waals surface area contributed by atoms with Crippen LogP contribution in [0.3, 0.4) is 0 Å². The zero-order valence-corrected chi connectivity index (χ0v) is 26.6. The normalized spacial score (nSPS) is 13.1. The quantitative estimate of drug-likeness (QED) is 0.0919. The van der Waals surface area contributed by atoms with Crippen molar-refractivity contribution in [2.75, 3.05) is 12.0 Å². The van der Waals surface area contributed by atoms with Crippen LogP contribution in [0.15, 0.2) is 66.2 Å². The summed E-state index contributed by atoms with van der Waals surface area (Å²) in [4.78, 5) is 56.4. The molecule has 2 aromatic heterocycles. The van der Waals surface area contributed by atoms with E-state index in [4.69, 9.17) is 42.1 Å². The molecule has 4 rings (SSSR count). The Hall–Kier alpha value is -5.01. The Morgan fingerprint density at radius 1 is 0.891 bits per heavy atom. The molecule has 3 atom stereocenters. The number of esters is 4. The Labute approximate surface area is 273 Å². The number of anilines is 1. The van der Waals surface area contributed by atoms with Crippen LogP contribution in [0.1, 0.15) is 27.7 Å². The molecule has 0 aliphatic heterocycles. The van der Waals surface area contributed by atoms with E-state index in [0.717, 1.165) is 45.0 Å². The lowest BCUT2D eigenvalue weighted by Crippen LogP contribution is -2.48. The van der Waals surface area contributed by atoms with Crippen molar-refractivity contribution in [3.63, 3.8) is 0 Å². The molecule has 0 aliphatic carbocycles.